The molecular weight excluding hydrogens is 438 g/mol. The van der Waals surface area contributed by atoms with Gasteiger partial charge in [-0.2, -0.15) is 12.6 Å². The van der Waals surface area contributed by atoms with E-state index in [2.05, 4.69) is 33.9 Å². The first-order chi connectivity index (χ1) is 14.8. The van der Waals surface area contributed by atoms with Gasteiger partial charge in [-0.3, -0.25) is 24.0 Å². The van der Waals surface area contributed by atoms with Gasteiger partial charge in [0, 0.05) is 5.75 Å². The molecule has 0 aromatic rings. The third kappa shape index (κ3) is 10.8. The van der Waals surface area contributed by atoms with Crippen LogP contribution in [0, 0.1) is 11.8 Å². The summed E-state index contributed by atoms with van der Waals surface area (Å²) >= 11 is 4.04. The highest BCUT2D eigenvalue weighted by Crippen LogP contribution is 2.07. The van der Waals surface area contributed by atoms with Crippen LogP contribution in [0.2, 0.25) is 0 Å². The fraction of sp³-hybridized carbons (Fsp3) is 0.750. The molecule has 0 aliphatic rings. The largest absolute Gasteiger partial charge is 0.480 e. The van der Waals surface area contributed by atoms with Gasteiger partial charge in [0.25, 0.3) is 0 Å². The summed E-state index contributed by atoms with van der Waals surface area (Å²) in [7, 11) is 0. The Bertz CT molecular complexity index is 675. The molecule has 0 unspecified atom stereocenters. The number of amides is 4. The molecule has 4 amide bonds. The molecule has 0 aliphatic carbocycles. The molecule has 0 aromatic heterocycles. The normalized spacial score (nSPS) is 15.6. The molecule has 0 bridgehead atoms. The van der Waals surface area contributed by atoms with Gasteiger partial charge < -0.3 is 32.1 Å². The van der Waals surface area contributed by atoms with E-state index in [4.69, 9.17) is 10.8 Å². The average molecular weight is 476 g/mol. The van der Waals surface area contributed by atoms with E-state index in [-0.39, 0.29) is 30.6 Å². The van der Waals surface area contributed by atoms with E-state index in [1.807, 2.05) is 27.7 Å². The molecule has 0 aliphatic heterocycles. The maximum atomic E-state index is 12.7. The summed E-state index contributed by atoms with van der Waals surface area (Å²) < 4.78 is 0. The van der Waals surface area contributed by atoms with Crippen LogP contribution in [-0.4, -0.2) is 71.2 Å². The van der Waals surface area contributed by atoms with E-state index in [0.717, 1.165) is 0 Å². The van der Waals surface area contributed by atoms with Gasteiger partial charge in [0.15, 0.2) is 0 Å². The fourth-order valence-corrected chi connectivity index (χ4v) is 2.85. The Balaban J connectivity index is 5.02. The lowest BCUT2D eigenvalue weighted by Crippen LogP contribution is -2.57. The van der Waals surface area contributed by atoms with Crippen LogP contribution in [0.4, 0.5) is 0 Å². The molecule has 7 N–H and O–H groups in total. The third-order valence-corrected chi connectivity index (χ3v) is 5.25. The fourth-order valence-electron chi connectivity index (χ4n) is 2.59. The lowest BCUT2D eigenvalue weighted by atomic mass is 9.99. The van der Waals surface area contributed by atoms with Crippen LogP contribution in [-0.2, 0) is 24.0 Å². The molecule has 184 valence electrons. The molecular formula is C20H37N5O6S. The summed E-state index contributed by atoms with van der Waals surface area (Å²) in [5, 5.41) is 18.7. The predicted octanol–water partition coefficient (Wildman–Crippen LogP) is -0.989. The average Bonchev–Trinajstić information content (AvgIpc) is 2.73. The zero-order chi connectivity index (χ0) is 25.0. The SMILES string of the molecule is CC[C@H](C)[C@H](N)C(=O)NCC(=O)N[C@@H](CC(C)C)C(=O)N[C@@H](CS)C(=O)N[C@@H](C)C(=O)O. The highest BCUT2D eigenvalue weighted by atomic mass is 32.1. The van der Waals surface area contributed by atoms with Crippen LogP contribution in [0.25, 0.3) is 0 Å². The molecule has 12 heteroatoms. The van der Waals surface area contributed by atoms with Crippen molar-refractivity contribution in [1.29, 1.82) is 0 Å². The summed E-state index contributed by atoms with van der Waals surface area (Å²) in [6, 6.07) is -3.94. The molecule has 0 spiro atoms. The van der Waals surface area contributed by atoms with Crippen LogP contribution >= 0.6 is 12.6 Å². The second-order valence-electron chi connectivity index (χ2n) is 8.19. The number of carbonyl (C=O) groups is 5. The Hall–Kier alpha value is -2.34. The summed E-state index contributed by atoms with van der Waals surface area (Å²) in [6.07, 6.45) is 0.993. The highest BCUT2D eigenvalue weighted by molar-refractivity contribution is 7.80. The first kappa shape index (κ1) is 29.7. The Morgan fingerprint density at radius 2 is 1.47 bits per heavy atom. The van der Waals surface area contributed by atoms with Gasteiger partial charge in [-0.1, -0.05) is 34.1 Å². The number of hydrogen-bond acceptors (Lipinski definition) is 7. The minimum Gasteiger partial charge on any atom is -0.480 e. The second kappa shape index (κ2) is 14.7. The van der Waals surface area contributed by atoms with Crippen molar-refractivity contribution >= 4 is 42.2 Å². The van der Waals surface area contributed by atoms with Crippen LogP contribution in [0.5, 0.6) is 0 Å². The summed E-state index contributed by atoms with van der Waals surface area (Å²) in [5.41, 5.74) is 5.83. The number of hydrogen-bond donors (Lipinski definition) is 7. The van der Waals surface area contributed by atoms with Gasteiger partial charge in [0.1, 0.15) is 18.1 Å². The summed E-state index contributed by atoms with van der Waals surface area (Å²) in [6.45, 7) is 8.39. The molecule has 5 atom stereocenters. The lowest BCUT2D eigenvalue weighted by Gasteiger charge is -2.24. The predicted molar refractivity (Wildman–Crippen MR) is 123 cm³/mol. The number of carboxylic acid groups (broad SMARTS) is 1. The number of thiol groups is 1. The van der Waals surface area contributed by atoms with Crippen LogP contribution in [0.3, 0.4) is 0 Å². The molecule has 0 rings (SSSR count). The maximum Gasteiger partial charge on any atom is 0.325 e. The van der Waals surface area contributed by atoms with E-state index in [1.54, 1.807) is 0 Å². The molecule has 0 saturated heterocycles. The number of carbonyl (C=O) groups excluding carboxylic acids is 4. The lowest BCUT2D eigenvalue weighted by molar-refractivity contribution is -0.141. The Morgan fingerprint density at radius 3 is 1.94 bits per heavy atom. The molecule has 0 fully saturated rings. The smallest absolute Gasteiger partial charge is 0.325 e. The van der Waals surface area contributed by atoms with Crippen LogP contribution in [0.1, 0.15) is 47.5 Å². The topological polar surface area (TPSA) is 180 Å². The number of rotatable bonds is 14. The Kier molecular flexibility index (Phi) is 13.6. The van der Waals surface area contributed by atoms with E-state index < -0.39 is 53.8 Å². The minimum absolute atomic E-state index is 0.0368. The van der Waals surface area contributed by atoms with E-state index in [0.29, 0.717) is 6.42 Å². The van der Waals surface area contributed by atoms with E-state index >= 15 is 0 Å². The van der Waals surface area contributed by atoms with Gasteiger partial charge in [-0.05, 0) is 25.2 Å². The van der Waals surface area contributed by atoms with Gasteiger partial charge in [0.2, 0.25) is 23.6 Å². The summed E-state index contributed by atoms with van der Waals surface area (Å²) in [5.74, 6) is -3.67. The van der Waals surface area contributed by atoms with Crippen LogP contribution in [0.15, 0.2) is 0 Å². The van der Waals surface area contributed by atoms with Crippen molar-refractivity contribution in [3.05, 3.63) is 0 Å². The molecule has 0 saturated carbocycles. The third-order valence-electron chi connectivity index (χ3n) is 4.89. The zero-order valence-electron chi connectivity index (χ0n) is 19.3. The van der Waals surface area contributed by atoms with E-state index in [1.165, 1.54) is 6.92 Å². The molecule has 0 heterocycles. The molecule has 32 heavy (non-hydrogen) atoms. The monoisotopic (exact) mass is 475 g/mol. The molecule has 0 radical (unpaired) electrons. The van der Waals surface area contributed by atoms with E-state index in [9.17, 15) is 24.0 Å². The Morgan fingerprint density at radius 1 is 0.906 bits per heavy atom. The van der Waals surface area contributed by atoms with Gasteiger partial charge in [0.05, 0.1) is 12.6 Å². The first-order valence-corrected chi connectivity index (χ1v) is 11.2. The van der Waals surface area contributed by atoms with Crippen molar-refractivity contribution in [3.63, 3.8) is 0 Å². The molecule has 11 nitrogen and oxygen atoms in total. The number of carboxylic acids is 1. The van der Waals surface area contributed by atoms with Gasteiger partial charge >= 0.3 is 5.97 Å². The van der Waals surface area contributed by atoms with Crippen molar-refractivity contribution in [2.75, 3.05) is 12.3 Å². The maximum absolute atomic E-state index is 12.7. The summed E-state index contributed by atoms with van der Waals surface area (Å²) in [4.78, 5) is 60.2. The van der Waals surface area contributed by atoms with Crippen LogP contribution < -0.4 is 27.0 Å². The van der Waals surface area contributed by atoms with Crippen molar-refractivity contribution in [2.24, 2.45) is 17.6 Å². The second-order valence-corrected chi connectivity index (χ2v) is 8.56. The highest BCUT2D eigenvalue weighted by Gasteiger charge is 2.28. The van der Waals surface area contributed by atoms with Gasteiger partial charge in [-0.25, -0.2) is 0 Å². The first-order valence-electron chi connectivity index (χ1n) is 10.6. The van der Waals surface area contributed by atoms with Gasteiger partial charge in [-0.15, -0.1) is 0 Å². The Labute approximate surface area is 194 Å². The number of nitrogens with two attached hydrogens (primary N) is 1. The van der Waals surface area contributed by atoms with Crippen molar-refractivity contribution in [3.8, 4) is 0 Å². The number of nitrogens with one attached hydrogen (secondary N) is 4. The quantitative estimate of drug-likeness (QED) is 0.158. The number of aliphatic carboxylic acids is 1. The van der Waals surface area contributed by atoms with Crippen molar-refractivity contribution in [1.82, 2.24) is 21.3 Å². The minimum atomic E-state index is -1.22. The standard InChI is InChI=1S/C20H37N5O6S/c1-6-11(4)16(21)19(29)22-8-15(26)24-13(7-10(2)3)17(27)25-14(9-32)18(28)23-12(5)20(30)31/h10-14,16,32H,6-9,21H2,1-5H3,(H,22,29)(H,23,28)(H,24,26)(H,25,27)(H,30,31)/t11-,12-,13-,14-,16-/m0/s1. The van der Waals surface area contributed by atoms with Crippen molar-refractivity contribution < 1.29 is 29.1 Å². The molecule has 0 aromatic carbocycles. The zero-order valence-corrected chi connectivity index (χ0v) is 20.2. The van der Waals surface area contributed by atoms with Crippen molar-refractivity contribution in [2.45, 2.75) is 71.6 Å².